The van der Waals surface area contributed by atoms with Crippen LogP contribution < -0.4 is 17.0 Å². The molecule has 0 aromatic carbocycles. The summed E-state index contributed by atoms with van der Waals surface area (Å²) in [6.45, 7) is -0.770. The Morgan fingerprint density at radius 2 is 1.79 bits per heavy atom. The Balaban J connectivity index is 1.17. The lowest BCUT2D eigenvalue weighted by Crippen LogP contribution is -2.34. The number of halogens is 2. The van der Waals surface area contributed by atoms with Crippen molar-refractivity contribution in [2.45, 2.75) is 49.7 Å². The molecular formula is C21H23F2N10O8P. The van der Waals surface area contributed by atoms with Crippen molar-refractivity contribution in [3.63, 3.8) is 0 Å². The molecular weight excluding hydrogens is 589 g/mol. The van der Waals surface area contributed by atoms with E-state index >= 15 is 8.78 Å². The molecule has 2 bridgehead atoms. The summed E-state index contributed by atoms with van der Waals surface area (Å²) in [6, 6.07) is 0. The van der Waals surface area contributed by atoms with Crippen LogP contribution in [0.3, 0.4) is 0 Å². The maximum absolute atomic E-state index is 15.9. The van der Waals surface area contributed by atoms with E-state index in [1.54, 1.807) is 0 Å². The third kappa shape index (κ3) is 4.42. The zero-order valence-electron chi connectivity index (χ0n) is 21.3. The fourth-order valence-electron chi connectivity index (χ4n) is 5.42. The maximum Gasteiger partial charge on any atom is 0.472 e. The highest BCUT2D eigenvalue weighted by Gasteiger charge is 2.53. The molecule has 6 N–H and O–H groups in total. The lowest BCUT2D eigenvalue weighted by atomic mass is 9.96. The van der Waals surface area contributed by atoms with E-state index in [4.69, 9.17) is 34.7 Å². The van der Waals surface area contributed by atoms with Crippen LogP contribution in [0.25, 0.3) is 22.3 Å². The maximum atomic E-state index is 15.9. The minimum atomic E-state index is -5.02. The van der Waals surface area contributed by atoms with Gasteiger partial charge in [-0.25, -0.2) is 33.3 Å². The summed E-state index contributed by atoms with van der Waals surface area (Å²) >= 11 is 0. The Labute approximate surface area is 232 Å². The molecule has 3 saturated heterocycles. The molecule has 4 aromatic rings. The van der Waals surface area contributed by atoms with E-state index in [2.05, 4.69) is 29.9 Å². The molecule has 224 valence electrons. The predicted octanol–water partition coefficient (Wildman–Crippen LogP) is 0.0911. The number of alkyl halides is 2. The summed E-state index contributed by atoms with van der Waals surface area (Å²) in [6.07, 6.45) is -7.30. The van der Waals surface area contributed by atoms with Gasteiger partial charge in [0.15, 0.2) is 59.8 Å². The Kier molecular flexibility index (Phi) is 6.46. The molecule has 4 aromatic heterocycles. The summed E-state index contributed by atoms with van der Waals surface area (Å²) in [5, 5.41) is 0. The number of phosphoric acid groups is 1. The highest BCUT2D eigenvalue weighted by atomic mass is 31.2. The zero-order valence-corrected chi connectivity index (χ0v) is 22.2. The number of anilines is 2. The lowest BCUT2D eigenvalue weighted by Gasteiger charge is -2.25. The van der Waals surface area contributed by atoms with Gasteiger partial charge in [0.2, 0.25) is 5.95 Å². The molecule has 2 unspecified atom stereocenters. The first-order chi connectivity index (χ1) is 20.1. The molecule has 3 aliphatic rings. The third-order valence-corrected chi connectivity index (χ3v) is 8.36. The van der Waals surface area contributed by atoms with Gasteiger partial charge in [0.05, 0.1) is 32.0 Å². The minimum absolute atomic E-state index is 0.00455. The van der Waals surface area contributed by atoms with Gasteiger partial charge < -0.3 is 30.6 Å². The van der Waals surface area contributed by atoms with Gasteiger partial charge in [-0.15, -0.1) is 0 Å². The number of nitrogens with two attached hydrogens (primary N) is 2. The number of phosphoric ester groups is 1. The molecule has 7 rings (SSSR count). The second-order valence-corrected chi connectivity index (χ2v) is 11.3. The summed E-state index contributed by atoms with van der Waals surface area (Å²) in [5.74, 6) is -1.08. The molecule has 7 heterocycles. The Morgan fingerprint density at radius 3 is 2.60 bits per heavy atom. The highest BCUT2D eigenvalue weighted by Crippen LogP contribution is 2.51. The highest BCUT2D eigenvalue weighted by molar-refractivity contribution is 7.47. The molecule has 18 nitrogen and oxygen atoms in total. The van der Waals surface area contributed by atoms with Crippen molar-refractivity contribution in [2.24, 2.45) is 5.92 Å². The molecule has 21 heteroatoms. The third-order valence-electron chi connectivity index (χ3n) is 7.38. The smallest absolute Gasteiger partial charge is 0.382 e. The van der Waals surface area contributed by atoms with Gasteiger partial charge in [-0.05, 0) is 6.42 Å². The van der Waals surface area contributed by atoms with Gasteiger partial charge in [-0.1, -0.05) is 0 Å². The van der Waals surface area contributed by atoms with Gasteiger partial charge in [-0.3, -0.25) is 28.0 Å². The number of nitrogen functional groups attached to an aromatic ring is 2. The predicted molar refractivity (Wildman–Crippen MR) is 135 cm³/mol. The van der Waals surface area contributed by atoms with Crippen molar-refractivity contribution in [3.05, 3.63) is 29.3 Å². The number of rotatable bonds is 2. The normalized spacial score (nSPS) is 35.7. The van der Waals surface area contributed by atoms with Gasteiger partial charge in [-0.2, -0.15) is 4.98 Å². The number of hydrogen-bond donors (Lipinski definition) is 4. The molecule has 0 aliphatic carbocycles. The van der Waals surface area contributed by atoms with E-state index in [1.807, 2.05) is 0 Å². The molecule has 9 atom stereocenters. The number of fused-ring (bicyclic) bond motifs is 5. The lowest BCUT2D eigenvalue weighted by molar-refractivity contribution is -0.168. The summed E-state index contributed by atoms with van der Waals surface area (Å²) in [4.78, 5) is 45.1. The summed E-state index contributed by atoms with van der Waals surface area (Å²) in [5.41, 5.74) is 11.1. The van der Waals surface area contributed by atoms with Crippen LogP contribution in [0.4, 0.5) is 20.5 Å². The molecule has 0 amide bonds. The first-order valence-electron chi connectivity index (χ1n) is 12.6. The van der Waals surface area contributed by atoms with Crippen LogP contribution in [0, 0.1) is 5.92 Å². The second kappa shape index (κ2) is 9.97. The monoisotopic (exact) mass is 612 g/mol. The number of ether oxygens (including phenoxy) is 3. The molecule has 0 spiro atoms. The number of aromatic amines is 1. The van der Waals surface area contributed by atoms with Crippen molar-refractivity contribution in [3.8, 4) is 0 Å². The fraction of sp³-hybridized carbons (Fsp3) is 0.524. The van der Waals surface area contributed by atoms with Crippen molar-refractivity contribution >= 4 is 41.9 Å². The minimum Gasteiger partial charge on any atom is -0.382 e. The van der Waals surface area contributed by atoms with Gasteiger partial charge in [0.1, 0.15) is 11.8 Å². The Hall–Kier alpha value is -3.65. The number of imidazole rings is 2. The number of hydrogen-bond acceptors (Lipinski definition) is 14. The van der Waals surface area contributed by atoms with E-state index in [0.717, 1.165) is 10.9 Å². The fourth-order valence-corrected chi connectivity index (χ4v) is 6.35. The first-order valence-corrected chi connectivity index (χ1v) is 14.1. The van der Waals surface area contributed by atoms with E-state index in [1.165, 1.54) is 17.2 Å². The van der Waals surface area contributed by atoms with Crippen molar-refractivity contribution in [1.82, 2.24) is 39.0 Å². The van der Waals surface area contributed by atoms with Gasteiger partial charge >= 0.3 is 7.82 Å². The van der Waals surface area contributed by atoms with Crippen LogP contribution in [0.5, 0.6) is 0 Å². The van der Waals surface area contributed by atoms with Crippen LogP contribution in [-0.4, -0.2) is 88.0 Å². The SMILES string of the molecule is Nc1nc2c(ncn2[C@@H]2OC3OCC[C@H]4[C@H](F)[C@H](n5cnc6c(N)ncnc65)O[C@@H]4COP(=O)(O)O[C@@H]2[C@@H]3F)c(=O)[nH]1. The van der Waals surface area contributed by atoms with E-state index in [0.29, 0.717) is 0 Å². The average molecular weight is 612 g/mol. The standard InChI is InChI=1S/C21H23F2N10O8P/c22-9-7-1-2-37-20-10(23)13(19(40-20)33-6-29-12-16(33)30-21(25)31-17(12)34)41-42(35,36)38-3-8(7)39-18(9)32-5-28-11-14(24)26-4-27-15(11)32/h4-10,13,18-20H,1-3H2,(H,35,36)(H2,24,26,27)(H3,25,30,31,34)/t7-,8-,9+,10+,13-,18-,19-,20?/m1/s1. The van der Waals surface area contributed by atoms with E-state index < -0.39 is 69.2 Å². The molecule has 42 heavy (non-hydrogen) atoms. The van der Waals surface area contributed by atoms with Crippen LogP contribution in [0.1, 0.15) is 18.9 Å². The van der Waals surface area contributed by atoms with Crippen molar-refractivity contribution < 1.29 is 41.5 Å². The molecule has 3 fully saturated rings. The van der Waals surface area contributed by atoms with Crippen LogP contribution in [0.15, 0.2) is 23.8 Å². The number of aromatic nitrogens is 8. The summed E-state index contributed by atoms with van der Waals surface area (Å²) < 4.78 is 74.6. The number of nitrogens with zero attached hydrogens (tertiary/aromatic N) is 7. The molecule has 0 radical (unpaired) electrons. The van der Waals surface area contributed by atoms with E-state index in [9.17, 15) is 14.3 Å². The summed E-state index contributed by atoms with van der Waals surface area (Å²) in [7, 11) is -5.02. The zero-order chi connectivity index (χ0) is 29.3. The first kappa shape index (κ1) is 27.2. The largest absolute Gasteiger partial charge is 0.472 e. The Morgan fingerprint density at radius 1 is 1.02 bits per heavy atom. The number of H-pyrrole nitrogens is 1. The molecule has 0 saturated carbocycles. The topological polar surface area (TPSA) is 243 Å². The Bertz CT molecular complexity index is 1770. The average Bonchev–Trinajstić information content (AvgIpc) is 3.69. The quantitative estimate of drug-likeness (QED) is 0.219. The second-order valence-electron chi connectivity index (χ2n) is 9.86. The van der Waals surface area contributed by atoms with E-state index in [-0.39, 0.29) is 47.1 Å². The van der Waals surface area contributed by atoms with Crippen LogP contribution in [0.2, 0.25) is 0 Å². The number of nitrogens with one attached hydrogen (secondary N) is 1. The van der Waals surface area contributed by atoms with Crippen molar-refractivity contribution in [2.75, 3.05) is 24.7 Å². The van der Waals surface area contributed by atoms with Crippen LogP contribution in [-0.2, 0) is 27.8 Å². The van der Waals surface area contributed by atoms with Gasteiger partial charge in [0.25, 0.3) is 5.56 Å². The van der Waals surface area contributed by atoms with Gasteiger partial charge in [0, 0.05) is 5.92 Å². The van der Waals surface area contributed by atoms with Crippen molar-refractivity contribution in [1.29, 1.82) is 0 Å². The molecule has 3 aliphatic heterocycles. The van der Waals surface area contributed by atoms with Crippen LogP contribution >= 0.6 is 7.82 Å².